The maximum absolute atomic E-state index is 13.5. The molecule has 8 heteroatoms. The molecule has 1 saturated heterocycles. The summed E-state index contributed by atoms with van der Waals surface area (Å²) in [6, 6.07) is 18.6. The quantitative estimate of drug-likeness (QED) is 0.357. The van der Waals surface area contributed by atoms with Gasteiger partial charge in [0, 0.05) is 32.1 Å². The summed E-state index contributed by atoms with van der Waals surface area (Å²) in [5, 5.41) is 4.38. The van der Waals surface area contributed by atoms with Crippen LogP contribution in [0.4, 0.5) is 5.82 Å². The van der Waals surface area contributed by atoms with Gasteiger partial charge in [-0.05, 0) is 104 Å². The van der Waals surface area contributed by atoms with Crippen molar-refractivity contribution in [2.24, 2.45) is 5.92 Å². The zero-order valence-corrected chi connectivity index (χ0v) is 24.3. The molecule has 7 nitrogen and oxygen atoms in total. The monoisotopic (exact) mass is 555 g/mol. The maximum Gasteiger partial charge on any atom is 0.242 e. The first kappa shape index (κ1) is 26.9. The number of sulfonamides is 1. The minimum atomic E-state index is -3.57. The van der Waals surface area contributed by atoms with Crippen molar-refractivity contribution >= 4 is 26.7 Å². The summed E-state index contributed by atoms with van der Waals surface area (Å²) in [5.74, 6) is 1.29. The van der Waals surface area contributed by atoms with Gasteiger partial charge in [-0.15, -0.1) is 0 Å². The van der Waals surface area contributed by atoms with Crippen LogP contribution < -0.4 is 10.2 Å². The van der Waals surface area contributed by atoms with E-state index in [2.05, 4.69) is 65.4 Å². The molecule has 0 spiro atoms. The van der Waals surface area contributed by atoms with Gasteiger partial charge in [0.25, 0.3) is 0 Å². The molecule has 0 radical (unpaired) electrons. The normalized spacial score (nSPS) is 16.4. The lowest BCUT2D eigenvalue weighted by atomic mass is 9.97. The molecule has 1 N–H and O–H groups in total. The molecule has 2 aliphatic rings. The highest BCUT2D eigenvalue weighted by atomic mass is 32.2. The number of nitrogens with one attached hydrogen (secondary N) is 1. The van der Waals surface area contributed by atoms with Gasteiger partial charge in [-0.25, -0.2) is 22.7 Å². The molecule has 2 aliphatic heterocycles. The molecule has 4 aromatic rings. The van der Waals surface area contributed by atoms with Crippen LogP contribution >= 0.6 is 0 Å². The molecule has 208 valence electrons. The molecule has 1 fully saturated rings. The lowest BCUT2D eigenvalue weighted by molar-refractivity contribution is 0.311. The van der Waals surface area contributed by atoms with Gasteiger partial charge in [-0.1, -0.05) is 35.9 Å². The van der Waals surface area contributed by atoms with E-state index in [0.717, 1.165) is 72.3 Å². The van der Waals surface area contributed by atoms with Crippen LogP contribution in [0.2, 0.25) is 0 Å². The molecule has 0 aliphatic carbocycles. The summed E-state index contributed by atoms with van der Waals surface area (Å²) < 4.78 is 28.6. The van der Waals surface area contributed by atoms with E-state index in [1.54, 1.807) is 23.7 Å². The van der Waals surface area contributed by atoms with Gasteiger partial charge >= 0.3 is 0 Å². The first-order valence-corrected chi connectivity index (χ1v) is 15.6. The number of aryl methyl sites for hydroxylation is 2. The topological polar surface area (TPSA) is 78.4 Å². The highest BCUT2D eigenvalue weighted by molar-refractivity contribution is 7.89. The van der Waals surface area contributed by atoms with Crippen molar-refractivity contribution in [3.05, 3.63) is 83.2 Å². The summed E-state index contributed by atoms with van der Waals surface area (Å²) in [6.45, 7) is 8.10. The summed E-state index contributed by atoms with van der Waals surface area (Å²) >= 11 is 0. The minimum Gasteiger partial charge on any atom is -0.351 e. The number of anilines is 1. The molecule has 1 aromatic heterocycles. The van der Waals surface area contributed by atoms with Crippen molar-refractivity contribution in [2.75, 3.05) is 38.1 Å². The fourth-order valence-electron chi connectivity index (χ4n) is 6.16. The number of hydrogen-bond donors (Lipinski definition) is 1. The van der Waals surface area contributed by atoms with Crippen molar-refractivity contribution < 1.29 is 8.42 Å². The molecular weight excluding hydrogens is 518 g/mol. The fraction of sp³-hybridized carbons (Fsp3) is 0.375. The predicted molar refractivity (Wildman–Crippen MR) is 161 cm³/mol. The molecule has 0 unspecified atom stereocenters. The Bertz CT molecular complexity index is 1660. The van der Waals surface area contributed by atoms with Crippen LogP contribution in [-0.4, -0.2) is 55.9 Å². The van der Waals surface area contributed by atoms with Crippen LogP contribution in [0.15, 0.2) is 65.8 Å². The third kappa shape index (κ3) is 5.23. The first-order chi connectivity index (χ1) is 19.3. The second kappa shape index (κ2) is 10.9. The predicted octanol–water partition coefficient (Wildman–Crippen LogP) is 5.10. The van der Waals surface area contributed by atoms with E-state index in [1.165, 1.54) is 16.7 Å². The second-order valence-corrected chi connectivity index (χ2v) is 13.4. The zero-order chi connectivity index (χ0) is 27.9. The largest absolute Gasteiger partial charge is 0.351 e. The molecule has 0 atom stereocenters. The Kier molecular flexibility index (Phi) is 7.33. The number of nitrogens with zero attached hydrogens (tertiary/aromatic N) is 4. The Balaban J connectivity index is 1.31. The van der Waals surface area contributed by atoms with Crippen LogP contribution in [0.25, 0.3) is 22.0 Å². The van der Waals surface area contributed by atoms with E-state index in [0.29, 0.717) is 23.9 Å². The molecule has 0 bridgehead atoms. The van der Waals surface area contributed by atoms with E-state index in [4.69, 9.17) is 4.98 Å². The number of aromatic nitrogens is 2. The SMILES string of the molecule is Cc1cccc(-c2cc(C)c3ncnc(N4CCc5ccc(S(=O)(=O)N(C)CC6CCNCC6)cc5C4)c3c2)c1. The maximum atomic E-state index is 13.5. The lowest BCUT2D eigenvalue weighted by Crippen LogP contribution is -2.37. The molecule has 0 amide bonds. The van der Waals surface area contributed by atoms with Crippen LogP contribution in [0.5, 0.6) is 0 Å². The van der Waals surface area contributed by atoms with Crippen molar-refractivity contribution in [3.8, 4) is 11.1 Å². The van der Waals surface area contributed by atoms with E-state index in [1.807, 2.05) is 12.1 Å². The van der Waals surface area contributed by atoms with Crippen LogP contribution in [0, 0.1) is 19.8 Å². The van der Waals surface area contributed by atoms with Gasteiger partial charge in [0.2, 0.25) is 10.0 Å². The van der Waals surface area contributed by atoms with E-state index in [9.17, 15) is 8.42 Å². The molecule has 3 heterocycles. The number of fused-ring (bicyclic) bond motifs is 2. The van der Waals surface area contributed by atoms with Crippen molar-refractivity contribution in [3.63, 3.8) is 0 Å². The number of benzene rings is 3. The Morgan fingerprint density at radius 3 is 2.60 bits per heavy atom. The highest BCUT2D eigenvalue weighted by Crippen LogP contribution is 2.34. The Hall–Kier alpha value is -3.33. The highest BCUT2D eigenvalue weighted by Gasteiger charge is 2.27. The third-order valence-corrected chi connectivity index (χ3v) is 10.3. The number of rotatable bonds is 6. The van der Waals surface area contributed by atoms with Gasteiger partial charge in [0.05, 0.1) is 10.4 Å². The standard InChI is InChI=1S/C32H37N5O2S/c1-22-5-4-6-26(15-22)27-16-23(2)31-30(18-27)32(35-21-34-31)37-14-11-25-7-8-29(17-28(25)20-37)40(38,39)36(3)19-24-9-12-33-13-10-24/h4-8,15-18,21,24,33H,9-14,19-20H2,1-3H3. The Labute approximate surface area is 237 Å². The molecule has 40 heavy (non-hydrogen) atoms. The van der Waals surface area contributed by atoms with Crippen LogP contribution in [0.1, 0.15) is 35.1 Å². The summed E-state index contributed by atoms with van der Waals surface area (Å²) in [4.78, 5) is 12.0. The van der Waals surface area contributed by atoms with Gasteiger partial charge < -0.3 is 10.2 Å². The van der Waals surface area contributed by atoms with Crippen LogP contribution in [0.3, 0.4) is 0 Å². The number of piperidine rings is 1. The van der Waals surface area contributed by atoms with E-state index < -0.39 is 10.0 Å². The first-order valence-electron chi connectivity index (χ1n) is 14.2. The smallest absolute Gasteiger partial charge is 0.242 e. The lowest BCUT2D eigenvalue weighted by Gasteiger charge is -2.31. The van der Waals surface area contributed by atoms with E-state index in [-0.39, 0.29) is 0 Å². The molecule has 3 aromatic carbocycles. The van der Waals surface area contributed by atoms with Gasteiger partial charge in [-0.3, -0.25) is 0 Å². The average molecular weight is 556 g/mol. The van der Waals surface area contributed by atoms with Crippen molar-refractivity contribution in [1.82, 2.24) is 19.6 Å². The number of hydrogen-bond acceptors (Lipinski definition) is 6. The average Bonchev–Trinajstić information content (AvgIpc) is 2.96. The van der Waals surface area contributed by atoms with Gasteiger partial charge in [0.1, 0.15) is 12.1 Å². The molecule has 6 rings (SSSR count). The summed E-state index contributed by atoms with van der Waals surface area (Å²) in [7, 11) is -1.85. The van der Waals surface area contributed by atoms with Crippen LogP contribution in [-0.2, 0) is 23.0 Å². The zero-order valence-electron chi connectivity index (χ0n) is 23.5. The van der Waals surface area contributed by atoms with Crippen molar-refractivity contribution in [1.29, 1.82) is 0 Å². The molecule has 0 saturated carbocycles. The van der Waals surface area contributed by atoms with Gasteiger partial charge in [0.15, 0.2) is 0 Å². The Morgan fingerprint density at radius 1 is 0.975 bits per heavy atom. The molecular formula is C32H37N5O2S. The Morgan fingerprint density at radius 2 is 1.80 bits per heavy atom. The third-order valence-electron chi connectivity index (χ3n) is 8.43. The fourth-order valence-corrected chi connectivity index (χ4v) is 7.45. The second-order valence-electron chi connectivity index (χ2n) is 11.3. The van der Waals surface area contributed by atoms with Crippen molar-refractivity contribution in [2.45, 2.75) is 44.6 Å². The minimum absolute atomic E-state index is 0.370. The van der Waals surface area contributed by atoms with Gasteiger partial charge in [-0.2, -0.15) is 0 Å². The summed E-state index contributed by atoms with van der Waals surface area (Å²) in [6.07, 6.45) is 4.50. The summed E-state index contributed by atoms with van der Waals surface area (Å²) in [5.41, 5.74) is 7.84. The van der Waals surface area contributed by atoms with E-state index >= 15 is 0 Å².